The van der Waals surface area contributed by atoms with E-state index >= 15 is 0 Å². The molecule has 0 radical (unpaired) electrons. The SMILES string of the molecule is CCC[C@H](NCC(CC)CC)c1cccc(OCC[C@]23CCC4C(CCC5CC(=O)CC[C@@]54C)C2CC[C@@H]3O)c1. The molecule has 1 aromatic rings. The Morgan fingerprint density at radius 2 is 1.88 bits per heavy atom. The Kier molecular flexibility index (Phi) is 9.67. The van der Waals surface area contributed by atoms with Crippen LogP contribution in [0, 0.1) is 40.4 Å². The summed E-state index contributed by atoms with van der Waals surface area (Å²) < 4.78 is 6.47. The molecular weight excluding hydrogens is 494 g/mol. The number of Topliss-reactive ketones (excluding diaryl/α,β-unsaturated/α-hetero) is 1. The standard InChI is InChI=1S/C36H57NO3/c1-5-9-33(37-24-25(6-2)7-3)26-10-8-11-29(22-26)40-21-20-36-19-17-31-30(32(36)14-15-34(36)39)13-12-27-23-28(38)16-18-35(27,31)4/h8,10-11,22,25,27,30-34,37,39H,5-7,9,12-21,23-24H2,1-4H3/t27?,30?,31?,32?,33-,34-,35-,36+/m0/s1. The third-order valence-corrected chi connectivity index (χ3v) is 12.6. The number of ketones is 1. The lowest BCUT2D eigenvalue weighted by Crippen LogP contribution is -2.55. The van der Waals surface area contributed by atoms with E-state index in [1.165, 1.54) is 44.1 Å². The number of carbonyl (C=O) groups excluding carboxylic acids is 1. The van der Waals surface area contributed by atoms with Gasteiger partial charge in [-0.1, -0.05) is 59.1 Å². The van der Waals surface area contributed by atoms with Gasteiger partial charge in [-0.2, -0.15) is 0 Å². The van der Waals surface area contributed by atoms with Gasteiger partial charge in [0.25, 0.3) is 0 Å². The van der Waals surface area contributed by atoms with Gasteiger partial charge in [0.15, 0.2) is 0 Å². The number of hydrogen-bond donors (Lipinski definition) is 2. The van der Waals surface area contributed by atoms with Crippen LogP contribution in [0.2, 0.25) is 0 Å². The number of ether oxygens (including phenoxy) is 1. The van der Waals surface area contributed by atoms with Crippen LogP contribution in [0.3, 0.4) is 0 Å². The van der Waals surface area contributed by atoms with Crippen LogP contribution in [-0.2, 0) is 4.79 Å². The number of benzene rings is 1. The maximum Gasteiger partial charge on any atom is 0.133 e. The quantitative estimate of drug-likeness (QED) is 0.274. The number of rotatable bonds is 12. The predicted molar refractivity (Wildman–Crippen MR) is 163 cm³/mol. The number of aliphatic hydroxyl groups is 1. The predicted octanol–water partition coefficient (Wildman–Crippen LogP) is 8.28. The molecule has 0 spiro atoms. The summed E-state index contributed by atoms with van der Waals surface area (Å²) in [4.78, 5) is 12.3. The third kappa shape index (κ3) is 5.78. The minimum absolute atomic E-state index is 0.00801. The summed E-state index contributed by atoms with van der Waals surface area (Å²) in [5.41, 5.74) is 1.66. The highest BCUT2D eigenvalue weighted by Gasteiger charge is 2.61. The van der Waals surface area contributed by atoms with Crippen molar-refractivity contribution in [3.63, 3.8) is 0 Å². The van der Waals surface area contributed by atoms with Crippen LogP contribution in [-0.4, -0.2) is 30.1 Å². The number of fused-ring (bicyclic) bond motifs is 5. The van der Waals surface area contributed by atoms with Crippen LogP contribution < -0.4 is 10.1 Å². The molecule has 0 bridgehead atoms. The van der Waals surface area contributed by atoms with Crippen molar-refractivity contribution in [2.75, 3.05) is 13.2 Å². The highest BCUT2D eigenvalue weighted by Crippen LogP contribution is 2.66. The van der Waals surface area contributed by atoms with E-state index < -0.39 is 0 Å². The summed E-state index contributed by atoms with van der Waals surface area (Å²) in [5, 5.41) is 15.3. The van der Waals surface area contributed by atoms with Gasteiger partial charge in [0.05, 0.1) is 12.7 Å². The monoisotopic (exact) mass is 551 g/mol. The van der Waals surface area contributed by atoms with Gasteiger partial charge in [0.1, 0.15) is 11.5 Å². The fourth-order valence-electron chi connectivity index (χ4n) is 10.0. The molecule has 8 atom stereocenters. The van der Waals surface area contributed by atoms with Crippen LogP contribution >= 0.6 is 0 Å². The molecule has 4 unspecified atom stereocenters. The van der Waals surface area contributed by atoms with Crippen LogP contribution in [0.5, 0.6) is 5.75 Å². The molecule has 4 heteroatoms. The van der Waals surface area contributed by atoms with E-state index in [0.29, 0.717) is 41.6 Å². The average molecular weight is 552 g/mol. The molecule has 0 aliphatic heterocycles. The molecule has 0 heterocycles. The molecule has 5 rings (SSSR count). The molecule has 0 saturated heterocycles. The first-order valence-corrected chi connectivity index (χ1v) is 17.0. The third-order valence-electron chi connectivity index (χ3n) is 12.6. The average Bonchev–Trinajstić information content (AvgIpc) is 3.29. The second kappa shape index (κ2) is 12.9. The Labute approximate surface area is 244 Å². The Hall–Kier alpha value is -1.39. The molecule has 0 amide bonds. The van der Waals surface area contributed by atoms with Gasteiger partial charge in [-0.3, -0.25) is 4.79 Å². The molecule has 4 saturated carbocycles. The van der Waals surface area contributed by atoms with E-state index in [0.717, 1.165) is 75.5 Å². The normalized spacial score (nSPS) is 36.1. The number of carbonyl (C=O) groups is 1. The van der Waals surface area contributed by atoms with Crippen molar-refractivity contribution >= 4 is 5.78 Å². The fraction of sp³-hybridized carbons (Fsp3) is 0.806. The van der Waals surface area contributed by atoms with Gasteiger partial charge in [-0.25, -0.2) is 0 Å². The summed E-state index contributed by atoms with van der Waals surface area (Å²) in [6, 6.07) is 9.13. The van der Waals surface area contributed by atoms with E-state index in [4.69, 9.17) is 4.74 Å². The van der Waals surface area contributed by atoms with E-state index in [1.807, 2.05) is 0 Å². The first-order chi connectivity index (χ1) is 19.3. The summed E-state index contributed by atoms with van der Waals surface area (Å²) in [6.07, 6.45) is 15.1. The summed E-state index contributed by atoms with van der Waals surface area (Å²) in [5.74, 6) is 4.82. The van der Waals surface area contributed by atoms with Crippen molar-refractivity contribution in [1.82, 2.24) is 5.32 Å². The number of aliphatic hydroxyl groups excluding tert-OH is 1. The maximum absolute atomic E-state index is 12.3. The highest BCUT2D eigenvalue weighted by atomic mass is 16.5. The van der Waals surface area contributed by atoms with Crippen LogP contribution in [0.25, 0.3) is 0 Å². The van der Waals surface area contributed by atoms with Gasteiger partial charge in [-0.15, -0.1) is 0 Å². The van der Waals surface area contributed by atoms with Crippen molar-refractivity contribution in [3.05, 3.63) is 29.8 Å². The second-order valence-electron chi connectivity index (χ2n) is 14.4. The zero-order valence-corrected chi connectivity index (χ0v) is 25.9. The molecule has 4 nitrogen and oxygen atoms in total. The Morgan fingerprint density at radius 3 is 2.65 bits per heavy atom. The van der Waals surface area contributed by atoms with Gasteiger partial charge < -0.3 is 15.2 Å². The van der Waals surface area contributed by atoms with Crippen LogP contribution in [0.15, 0.2) is 24.3 Å². The Morgan fingerprint density at radius 1 is 1.05 bits per heavy atom. The smallest absolute Gasteiger partial charge is 0.133 e. The van der Waals surface area contributed by atoms with E-state index in [-0.39, 0.29) is 11.5 Å². The molecule has 40 heavy (non-hydrogen) atoms. The highest BCUT2D eigenvalue weighted by molar-refractivity contribution is 5.79. The van der Waals surface area contributed by atoms with Gasteiger partial charge in [0.2, 0.25) is 0 Å². The van der Waals surface area contributed by atoms with Gasteiger partial charge in [-0.05, 0) is 117 Å². The molecule has 224 valence electrons. The van der Waals surface area contributed by atoms with Gasteiger partial charge >= 0.3 is 0 Å². The van der Waals surface area contributed by atoms with Crippen molar-refractivity contribution in [1.29, 1.82) is 0 Å². The molecule has 2 N–H and O–H groups in total. The molecular formula is C36H57NO3. The lowest BCUT2D eigenvalue weighted by atomic mass is 9.44. The molecule has 0 aromatic heterocycles. The summed E-state index contributed by atoms with van der Waals surface area (Å²) in [7, 11) is 0. The molecule has 4 aliphatic rings. The number of nitrogens with one attached hydrogen (secondary N) is 1. The molecule has 1 aromatic carbocycles. The lowest BCUT2D eigenvalue weighted by Gasteiger charge is -2.60. The minimum atomic E-state index is -0.199. The first kappa shape index (κ1) is 30.1. The van der Waals surface area contributed by atoms with Crippen LogP contribution in [0.1, 0.15) is 129 Å². The summed E-state index contributed by atoms with van der Waals surface area (Å²) >= 11 is 0. The largest absolute Gasteiger partial charge is 0.494 e. The van der Waals surface area contributed by atoms with Crippen molar-refractivity contribution in [2.24, 2.45) is 40.4 Å². The Bertz CT molecular complexity index is 990. The zero-order valence-electron chi connectivity index (χ0n) is 25.9. The van der Waals surface area contributed by atoms with Crippen molar-refractivity contribution < 1.29 is 14.6 Å². The first-order valence-electron chi connectivity index (χ1n) is 17.0. The molecule has 4 aliphatic carbocycles. The number of hydrogen-bond acceptors (Lipinski definition) is 4. The zero-order chi connectivity index (χ0) is 28.3. The summed E-state index contributed by atoms with van der Waals surface area (Å²) in [6.45, 7) is 11.1. The minimum Gasteiger partial charge on any atom is -0.494 e. The Balaban J connectivity index is 1.23. The van der Waals surface area contributed by atoms with E-state index in [1.54, 1.807) is 0 Å². The van der Waals surface area contributed by atoms with Gasteiger partial charge in [0, 0.05) is 24.3 Å². The topological polar surface area (TPSA) is 58.6 Å². The van der Waals surface area contributed by atoms with Crippen molar-refractivity contribution in [3.8, 4) is 5.75 Å². The fourth-order valence-corrected chi connectivity index (χ4v) is 10.0. The van der Waals surface area contributed by atoms with Crippen LogP contribution in [0.4, 0.5) is 0 Å². The lowest BCUT2D eigenvalue weighted by molar-refractivity contribution is -0.145. The van der Waals surface area contributed by atoms with E-state index in [2.05, 4.69) is 57.3 Å². The van der Waals surface area contributed by atoms with E-state index in [9.17, 15) is 9.90 Å². The molecule has 4 fully saturated rings. The maximum atomic E-state index is 12.3. The second-order valence-corrected chi connectivity index (χ2v) is 14.4. The van der Waals surface area contributed by atoms with Crippen molar-refractivity contribution in [2.45, 2.75) is 130 Å².